The van der Waals surface area contributed by atoms with Gasteiger partial charge < -0.3 is 16.4 Å². The van der Waals surface area contributed by atoms with Crippen LogP contribution in [0.2, 0.25) is 0 Å². The highest BCUT2D eigenvalue weighted by molar-refractivity contribution is 6.00. The van der Waals surface area contributed by atoms with Crippen molar-refractivity contribution in [2.24, 2.45) is 0 Å². The molecule has 21 heavy (non-hydrogen) atoms. The molecule has 0 saturated carbocycles. The number of amides is 2. The van der Waals surface area contributed by atoms with Crippen molar-refractivity contribution in [3.63, 3.8) is 0 Å². The molecule has 0 radical (unpaired) electrons. The minimum atomic E-state index is -1.02. The van der Waals surface area contributed by atoms with E-state index in [9.17, 15) is 13.6 Å². The summed E-state index contributed by atoms with van der Waals surface area (Å²) >= 11 is 0. The van der Waals surface area contributed by atoms with Crippen LogP contribution in [0.4, 0.5) is 30.6 Å². The largest absolute Gasteiger partial charge is 0.398 e. The molecule has 0 aromatic heterocycles. The fraction of sp³-hybridized carbons (Fsp3) is 0.133. The summed E-state index contributed by atoms with van der Waals surface area (Å²) in [7, 11) is 0. The lowest BCUT2D eigenvalue weighted by Crippen LogP contribution is -2.20. The SMILES string of the molecule is Cc1ccc(NC(=O)Nc2cc(F)c(F)cc2C)cc1N. The number of halogens is 2. The van der Waals surface area contributed by atoms with Crippen molar-refractivity contribution in [2.45, 2.75) is 13.8 Å². The number of rotatable bonds is 2. The van der Waals surface area contributed by atoms with Crippen LogP contribution in [0, 0.1) is 25.5 Å². The Morgan fingerprint density at radius 3 is 2.33 bits per heavy atom. The smallest absolute Gasteiger partial charge is 0.323 e. The highest BCUT2D eigenvalue weighted by Crippen LogP contribution is 2.20. The molecule has 4 nitrogen and oxygen atoms in total. The number of nitrogen functional groups attached to an aromatic ring is 1. The van der Waals surface area contributed by atoms with Gasteiger partial charge in [-0.2, -0.15) is 0 Å². The molecular weight excluding hydrogens is 276 g/mol. The highest BCUT2D eigenvalue weighted by Gasteiger charge is 2.10. The third kappa shape index (κ3) is 3.47. The lowest BCUT2D eigenvalue weighted by atomic mass is 10.2. The van der Waals surface area contributed by atoms with Crippen molar-refractivity contribution in [2.75, 3.05) is 16.4 Å². The van der Waals surface area contributed by atoms with Crippen LogP contribution in [0.5, 0.6) is 0 Å². The Hall–Kier alpha value is -2.63. The molecule has 2 aromatic carbocycles. The predicted molar refractivity (Wildman–Crippen MR) is 79.3 cm³/mol. The number of hydrogen-bond donors (Lipinski definition) is 3. The van der Waals surface area contributed by atoms with E-state index in [4.69, 9.17) is 5.73 Å². The zero-order valence-corrected chi connectivity index (χ0v) is 11.6. The topological polar surface area (TPSA) is 67.2 Å². The molecule has 0 atom stereocenters. The number of urea groups is 1. The van der Waals surface area contributed by atoms with Gasteiger partial charge in [0.15, 0.2) is 11.6 Å². The molecular formula is C15H15F2N3O. The molecule has 6 heteroatoms. The first-order valence-corrected chi connectivity index (χ1v) is 6.26. The molecule has 0 spiro atoms. The summed E-state index contributed by atoms with van der Waals surface area (Å²) in [6.07, 6.45) is 0. The van der Waals surface area contributed by atoms with Gasteiger partial charge in [0.2, 0.25) is 0 Å². The molecule has 2 aromatic rings. The van der Waals surface area contributed by atoms with Crippen LogP contribution in [-0.4, -0.2) is 6.03 Å². The Labute approximate surface area is 121 Å². The number of hydrogen-bond acceptors (Lipinski definition) is 2. The highest BCUT2D eigenvalue weighted by atomic mass is 19.2. The van der Waals surface area contributed by atoms with Gasteiger partial charge in [-0.25, -0.2) is 13.6 Å². The number of carbonyl (C=O) groups is 1. The minimum Gasteiger partial charge on any atom is -0.398 e. The summed E-state index contributed by atoms with van der Waals surface area (Å²) in [5.41, 5.74) is 8.33. The number of aryl methyl sites for hydroxylation is 2. The second-order valence-electron chi connectivity index (χ2n) is 4.73. The van der Waals surface area contributed by atoms with E-state index < -0.39 is 17.7 Å². The fourth-order valence-electron chi connectivity index (χ4n) is 1.78. The molecule has 0 aliphatic carbocycles. The first kappa shape index (κ1) is 14.8. The average molecular weight is 291 g/mol. The normalized spacial score (nSPS) is 10.3. The van der Waals surface area contributed by atoms with E-state index in [1.807, 2.05) is 6.92 Å². The van der Waals surface area contributed by atoms with Gasteiger partial charge in [0.05, 0.1) is 0 Å². The first-order valence-electron chi connectivity index (χ1n) is 6.26. The van der Waals surface area contributed by atoms with Crippen molar-refractivity contribution in [1.29, 1.82) is 0 Å². The Kier molecular flexibility index (Phi) is 4.07. The Morgan fingerprint density at radius 2 is 1.67 bits per heavy atom. The zero-order valence-electron chi connectivity index (χ0n) is 11.6. The molecule has 110 valence electrons. The maximum absolute atomic E-state index is 13.2. The van der Waals surface area contributed by atoms with Gasteiger partial charge in [-0.05, 0) is 43.2 Å². The van der Waals surface area contributed by atoms with E-state index >= 15 is 0 Å². The Morgan fingerprint density at radius 1 is 1.00 bits per heavy atom. The van der Waals surface area contributed by atoms with Gasteiger partial charge in [-0.3, -0.25) is 0 Å². The minimum absolute atomic E-state index is 0.200. The molecule has 2 amide bonds. The molecule has 0 unspecified atom stereocenters. The Bertz CT molecular complexity index is 702. The third-order valence-corrected chi connectivity index (χ3v) is 3.05. The zero-order chi connectivity index (χ0) is 15.6. The average Bonchev–Trinajstić information content (AvgIpc) is 2.40. The summed E-state index contributed by atoms with van der Waals surface area (Å²) < 4.78 is 26.2. The summed E-state index contributed by atoms with van der Waals surface area (Å²) in [5.74, 6) is -1.97. The number of anilines is 3. The molecule has 0 aliphatic heterocycles. The van der Waals surface area contributed by atoms with E-state index in [0.29, 0.717) is 16.9 Å². The van der Waals surface area contributed by atoms with Crippen molar-refractivity contribution in [3.05, 3.63) is 53.1 Å². The summed E-state index contributed by atoms with van der Waals surface area (Å²) in [4.78, 5) is 11.8. The third-order valence-electron chi connectivity index (χ3n) is 3.05. The quantitative estimate of drug-likeness (QED) is 0.736. The maximum atomic E-state index is 13.2. The second kappa shape index (κ2) is 5.78. The standard InChI is InChI=1S/C15H15F2N3O/c1-8-3-4-10(6-13(8)18)19-15(21)20-14-7-12(17)11(16)5-9(14)2/h3-7H,18H2,1-2H3,(H2,19,20,21). The summed E-state index contributed by atoms with van der Waals surface area (Å²) in [5, 5.41) is 5.04. The molecule has 4 N–H and O–H groups in total. The van der Waals surface area contributed by atoms with Gasteiger partial charge in [0, 0.05) is 23.1 Å². The van der Waals surface area contributed by atoms with E-state index in [2.05, 4.69) is 10.6 Å². The predicted octanol–water partition coefficient (Wildman–Crippen LogP) is 3.81. The summed E-state index contributed by atoms with van der Waals surface area (Å²) in [6, 6.07) is 6.49. The Balaban J connectivity index is 2.11. The van der Waals surface area contributed by atoms with Crippen molar-refractivity contribution in [3.8, 4) is 0 Å². The van der Waals surface area contributed by atoms with Crippen LogP contribution in [0.3, 0.4) is 0 Å². The van der Waals surface area contributed by atoms with E-state index in [1.165, 1.54) is 0 Å². The van der Waals surface area contributed by atoms with E-state index in [1.54, 1.807) is 25.1 Å². The number of benzene rings is 2. The number of carbonyl (C=O) groups excluding carboxylic acids is 1. The van der Waals surface area contributed by atoms with Crippen LogP contribution in [0.25, 0.3) is 0 Å². The van der Waals surface area contributed by atoms with Gasteiger partial charge in [0.25, 0.3) is 0 Å². The monoisotopic (exact) mass is 291 g/mol. The van der Waals surface area contributed by atoms with Gasteiger partial charge in [0.1, 0.15) is 0 Å². The van der Waals surface area contributed by atoms with Crippen LogP contribution in [0.15, 0.2) is 30.3 Å². The van der Waals surface area contributed by atoms with Crippen molar-refractivity contribution < 1.29 is 13.6 Å². The summed E-state index contributed by atoms with van der Waals surface area (Å²) in [6.45, 7) is 3.42. The van der Waals surface area contributed by atoms with Crippen molar-refractivity contribution in [1.82, 2.24) is 0 Å². The molecule has 0 fully saturated rings. The molecule has 2 rings (SSSR count). The first-order chi connectivity index (χ1) is 9.86. The van der Waals surface area contributed by atoms with E-state index in [-0.39, 0.29) is 5.69 Å². The molecule has 0 saturated heterocycles. The van der Waals surface area contributed by atoms with Gasteiger partial charge in [-0.1, -0.05) is 6.07 Å². The molecule has 0 aliphatic rings. The number of nitrogens with one attached hydrogen (secondary N) is 2. The van der Waals surface area contributed by atoms with Gasteiger partial charge >= 0.3 is 6.03 Å². The van der Waals surface area contributed by atoms with Gasteiger partial charge in [-0.15, -0.1) is 0 Å². The van der Waals surface area contributed by atoms with Crippen LogP contribution in [0.1, 0.15) is 11.1 Å². The lowest BCUT2D eigenvalue weighted by molar-refractivity contribution is 0.262. The van der Waals surface area contributed by atoms with E-state index in [0.717, 1.165) is 17.7 Å². The van der Waals surface area contributed by atoms with Crippen LogP contribution in [-0.2, 0) is 0 Å². The van der Waals surface area contributed by atoms with Crippen LogP contribution < -0.4 is 16.4 Å². The lowest BCUT2D eigenvalue weighted by Gasteiger charge is -2.11. The molecule has 0 heterocycles. The fourth-order valence-corrected chi connectivity index (χ4v) is 1.78. The maximum Gasteiger partial charge on any atom is 0.323 e. The second-order valence-corrected chi connectivity index (χ2v) is 4.73. The number of nitrogens with two attached hydrogens (primary N) is 1. The van der Waals surface area contributed by atoms with Crippen molar-refractivity contribution >= 4 is 23.1 Å². The van der Waals surface area contributed by atoms with Crippen LogP contribution >= 0.6 is 0 Å². The molecule has 0 bridgehead atoms.